The Morgan fingerprint density at radius 3 is 2.26 bits per heavy atom. The Morgan fingerprint density at radius 2 is 1.66 bits per heavy atom. The minimum atomic E-state index is -0.946. The summed E-state index contributed by atoms with van der Waals surface area (Å²) in [5.41, 5.74) is 3.54. The van der Waals surface area contributed by atoms with Gasteiger partial charge in [0.05, 0.1) is 18.0 Å². The van der Waals surface area contributed by atoms with Gasteiger partial charge in [-0.2, -0.15) is 0 Å². The molecule has 2 aromatic heterocycles. The molecule has 0 aliphatic heterocycles. The van der Waals surface area contributed by atoms with Gasteiger partial charge in [-0.25, -0.2) is 9.78 Å². The maximum atomic E-state index is 11.9. The molecule has 2 heterocycles. The van der Waals surface area contributed by atoms with E-state index in [4.69, 9.17) is 14.5 Å². The van der Waals surface area contributed by atoms with Crippen molar-refractivity contribution in [2.24, 2.45) is 0 Å². The zero-order chi connectivity index (χ0) is 27.5. The smallest absolute Gasteiger partial charge is 0.348 e. The van der Waals surface area contributed by atoms with E-state index in [0.29, 0.717) is 30.0 Å². The third-order valence-electron chi connectivity index (χ3n) is 5.51. The van der Waals surface area contributed by atoms with Crippen LogP contribution in [0.2, 0.25) is 0 Å². The van der Waals surface area contributed by atoms with E-state index in [-0.39, 0.29) is 4.88 Å². The van der Waals surface area contributed by atoms with Gasteiger partial charge in [-0.15, -0.1) is 22.7 Å². The first-order valence-corrected chi connectivity index (χ1v) is 14.7. The van der Waals surface area contributed by atoms with Gasteiger partial charge < -0.3 is 19.9 Å². The van der Waals surface area contributed by atoms with E-state index in [1.807, 2.05) is 88.4 Å². The summed E-state index contributed by atoms with van der Waals surface area (Å²) in [4.78, 5) is 19.2. The van der Waals surface area contributed by atoms with Crippen LogP contribution < -0.4 is 10.1 Å². The first kappa shape index (κ1) is 29.4. The van der Waals surface area contributed by atoms with E-state index < -0.39 is 5.97 Å². The van der Waals surface area contributed by atoms with Gasteiger partial charge in [-0.05, 0) is 54.7 Å². The first-order chi connectivity index (χ1) is 18.6. The number of nitrogens with one attached hydrogen (secondary N) is 1. The number of ether oxygens (including phenoxy) is 2. The van der Waals surface area contributed by atoms with Crippen LogP contribution in [0.1, 0.15) is 61.0 Å². The van der Waals surface area contributed by atoms with Crippen molar-refractivity contribution in [2.75, 3.05) is 25.6 Å². The van der Waals surface area contributed by atoms with Gasteiger partial charge in [-0.3, -0.25) is 0 Å². The Bertz CT molecular complexity index is 1280. The lowest BCUT2D eigenvalue weighted by atomic mass is 10.1. The molecule has 4 aromatic rings. The van der Waals surface area contributed by atoms with Crippen molar-refractivity contribution in [3.63, 3.8) is 0 Å². The van der Waals surface area contributed by atoms with Crippen molar-refractivity contribution in [1.29, 1.82) is 0 Å². The molecule has 0 amide bonds. The molecule has 0 bridgehead atoms. The fraction of sp³-hybridized carbons (Fsp3) is 0.333. The predicted molar refractivity (Wildman–Crippen MR) is 160 cm³/mol. The number of carboxylic acid groups (broad SMARTS) is 1. The highest BCUT2D eigenvalue weighted by atomic mass is 32.1. The number of benzene rings is 2. The summed E-state index contributed by atoms with van der Waals surface area (Å²) in [6, 6.07) is 19.6. The molecule has 2 N–H and O–H groups in total. The number of thiazole rings is 1. The van der Waals surface area contributed by atoms with Crippen LogP contribution >= 0.6 is 22.7 Å². The Labute approximate surface area is 233 Å². The summed E-state index contributed by atoms with van der Waals surface area (Å²) in [6.07, 6.45) is 2.31. The van der Waals surface area contributed by atoms with Crippen LogP contribution in [0.15, 0.2) is 60.7 Å². The molecule has 202 valence electrons. The Balaban J connectivity index is 0.000000956. The van der Waals surface area contributed by atoms with E-state index in [9.17, 15) is 9.90 Å². The van der Waals surface area contributed by atoms with Gasteiger partial charge in [0, 0.05) is 22.4 Å². The van der Waals surface area contributed by atoms with Crippen LogP contribution in [-0.4, -0.2) is 36.4 Å². The number of carbonyl (C=O) groups is 1. The molecule has 1 aliphatic carbocycles. The summed E-state index contributed by atoms with van der Waals surface area (Å²) in [5, 5.41) is 13.8. The van der Waals surface area contributed by atoms with Crippen molar-refractivity contribution < 1.29 is 19.4 Å². The van der Waals surface area contributed by atoms with E-state index in [1.165, 1.54) is 16.2 Å². The second kappa shape index (κ2) is 14.7. The lowest BCUT2D eigenvalue weighted by Crippen LogP contribution is -2.03. The maximum absolute atomic E-state index is 11.9. The lowest BCUT2D eigenvalue weighted by Gasteiger charge is -2.06. The van der Waals surface area contributed by atoms with E-state index in [2.05, 4.69) is 5.32 Å². The molecule has 1 aliphatic rings. The standard InChI is InChI=1S/C26H24N2O4S2.2C2H6/c1-31-13-14-32-19-11-9-17(10-12-19)22-23(18-7-8-18)34-26(28-22)27-20-15-21(33-24(20)25(29)30)16-5-3-2-4-6-16;2*1-2/h2-6,9-12,15,18H,7-8,13-14H2,1H3,(H,27,28)(H,29,30);2*1-2H3. The largest absolute Gasteiger partial charge is 0.491 e. The molecule has 0 radical (unpaired) electrons. The van der Waals surface area contributed by atoms with Crippen molar-refractivity contribution in [3.05, 3.63) is 70.4 Å². The fourth-order valence-corrected chi connectivity index (χ4v) is 5.80. The summed E-state index contributed by atoms with van der Waals surface area (Å²) in [6.45, 7) is 9.05. The number of nitrogens with zero attached hydrogens (tertiary/aromatic N) is 1. The number of hydrogen-bond acceptors (Lipinski definition) is 7. The summed E-state index contributed by atoms with van der Waals surface area (Å²) in [5.74, 6) is 0.361. The topological polar surface area (TPSA) is 80.7 Å². The molecule has 5 rings (SSSR count). The van der Waals surface area contributed by atoms with Crippen LogP contribution in [0, 0.1) is 0 Å². The second-order valence-electron chi connectivity index (χ2n) is 8.02. The van der Waals surface area contributed by atoms with Gasteiger partial charge >= 0.3 is 5.97 Å². The number of thiophene rings is 1. The number of hydrogen-bond donors (Lipinski definition) is 2. The quantitative estimate of drug-likeness (QED) is 0.191. The first-order valence-electron chi connectivity index (χ1n) is 13.0. The van der Waals surface area contributed by atoms with Crippen LogP contribution in [0.5, 0.6) is 5.75 Å². The number of aromatic nitrogens is 1. The molecular weight excluding hydrogens is 516 g/mol. The molecule has 1 fully saturated rings. The second-order valence-corrected chi connectivity index (χ2v) is 10.1. The number of methoxy groups -OCH3 is 1. The molecule has 0 atom stereocenters. The van der Waals surface area contributed by atoms with Gasteiger partial charge in [0.2, 0.25) is 0 Å². The van der Waals surface area contributed by atoms with Gasteiger partial charge in [0.1, 0.15) is 17.2 Å². The Morgan fingerprint density at radius 1 is 0.974 bits per heavy atom. The molecule has 0 unspecified atom stereocenters. The van der Waals surface area contributed by atoms with Crippen LogP contribution in [0.25, 0.3) is 21.7 Å². The number of anilines is 2. The zero-order valence-corrected chi connectivity index (χ0v) is 24.2. The molecule has 1 saturated carbocycles. The van der Waals surface area contributed by atoms with Crippen molar-refractivity contribution in [1.82, 2.24) is 4.98 Å². The molecule has 0 spiro atoms. The molecule has 6 nitrogen and oxygen atoms in total. The normalized spacial score (nSPS) is 12.0. The number of rotatable bonds is 10. The zero-order valence-electron chi connectivity index (χ0n) is 22.6. The molecule has 2 aromatic carbocycles. The van der Waals surface area contributed by atoms with Crippen LogP contribution in [0.4, 0.5) is 10.8 Å². The Kier molecular flexibility index (Phi) is 11.3. The number of aromatic carboxylic acids is 1. The van der Waals surface area contributed by atoms with E-state index in [0.717, 1.165) is 40.3 Å². The SMILES string of the molecule is CC.CC.COCCOc1ccc(-c2nc(Nc3cc(-c4ccccc4)sc3C(=O)O)sc2C2CC2)cc1. The average Bonchev–Trinajstić information content (AvgIpc) is 3.59. The van der Waals surface area contributed by atoms with E-state index >= 15 is 0 Å². The number of carboxylic acids is 1. The summed E-state index contributed by atoms with van der Waals surface area (Å²) >= 11 is 2.88. The van der Waals surface area contributed by atoms with Crippen LogP contribution in [-0.2, 0) is 4.74 Å². The summed E-state index contributed by atoms with van der Waals surface area (Å²) in [7, 11) is 1.65. The molecule has 38 heavy (non-hydrogen) atoms. The van der Waals surface area contributed by atoms with E-state index in [1.54, 1.807) is 18.4 Å². The molecular formula is C30H36N2O4S2. The lowest BCUT2D eigenvalue weighted by molar-refractivity contribution is 0.0703. The van der Waals surface area contributed by atoms with Crippen molar-refractivity contribution in [3.8, 4) is 27.4 Å². The van der Waals surface area contributed by atoms with Crippen molar-refractivity contribution >= 4 is 39.5 Å². The van der Waals surface area contributed by atoms with Gasteiger partial charge in [-0.1, -0.05) is 58.0 Å². The molecule has 0 saturated heterocycles. The Hall–Kier alpha value is -3.20. The highest BCUT2D eigenvalue weighted by Crippen LogP contribution is 2.49. The maximum Gasteiger partial charge on any atom is 0.348 e. The monoisotopic (exact) mass is 552 g/mol. The van der Waals surface area contributed by atoms with Crippen molar-refractivity contribution in [2.45, 2.75) is 46.5 Å². The fourth-order valence-electron chi connectivity index (χ4n) is 3.67. The third kappa shape index (κ3) is 7.43. The highest BCUT2D eigenvalue weighted by Gasteiger charge is 2.30. The summed E-state index contributed by atoms with van der Waals surface area (Å²) < 4.78 is 10.7. The van der Waals surface area contributed by atoms with Gasteiger partial charge in [0.25, 0.3) is 0 Å². The highest BCUT2D eigenvalue weighted by molar-refractivity contribution is 7.18. The minimum Gasteiger partial charge on any atom is -0.491 e. The predicted octanol–water partition coefficient (Wildman–Crippen LogP) is 8.94. The minimum absolute atomic E-state index is 0.279. The van der Waals surface area contributed by atoms with Crippen LogP contribution in [0.3, 0.4) is 0 Å². The molecule has 8 heteroatoms. The average molecular weight is 553 g/mol. The third-order valence-corrected chi connectivity index (χ3v) is 7.82. The van der Waals surface area contributed by atoms with Gasteiger partial charge in [0.15, 0.2) is 5.13 Å².